The SMILES string of the molecule is CN=C1[C@@H]2CC[C@H]1Cc1c[c-]ccc1C2.[Y]. The minimum atomic E-state index is 0. The Balaban J connectivity index is 0.000000963. The molecule has 1 radical (unpaired) electrons. The first kappa shape index (κ1) is 12.5. The van der Waals surface area contributed by atoms with E-state index in [1.54, 1.807) is 0 Å². The maximum atomic E-state index is 4.52. The molecule has 3 rings (SSSR count). The maximum Gasteiger partial charge on any atom is 0.0276 e. The molecule has 2 heteroatoms. The molecule has 0 N–H and O–H groups in total. The summed E-state index contributed by atoms with van der Waals surface area (Å²) >= 11 is 0. The van der Waals surface area contributed by atoms with Crippen molar-refractivity contribution in [1.29, 1.82) is 0 Å². The molecule has 2 aliphatic rings. The van der Waals surface area contributed by atoms with Crippen molar-refractivity contribution in [2.24, 2.45) is 16.8 Å². The summed E-state index contributed by atoms with van der Waals surface area (Å²) in [4.78, 5) is 4.52. The number of hydrogen-bond acceptors (Lipinski definition) is 1. The number of nitrogens with zero attached hydrogens (tertiary/aromatic N) is 1. The first-order valence-corrected chi connectivity index (χ1v) is 5.83. The first-order chi connectivity index (χ1) is 7.38. The molecule has 2 atom stereocenters. The summed E-state index contributed by atoms with van der Waals surface area (Å²) in [6.45, 7) is 0. The zero-order chi connectivity index (χ0) is 10.3. The van der Waals surface area contributed by atoms with Crippen molar-refractivity contribution in [1.82, 2.24) is 0 Å². The van der Waals surface area contributed by atoms with Gasteiger partial charge in [-0.2, -0.15) is 35.4 Å². The number of benzene rings is 1. The second kappa shape index (κ2) is 5.10. The van der Waals surface area contributed by atoms with Gasteiger partial charge in [-0.15, -0.1) is 0 Å². The smallest absolute Gasteiger partial charge is 0.0276 e. The molecule has 1 aromatic rings. The monoisotopic (exact) mass is 287 g/mol. The predicted molar refractivity (Wildman–Crippen MR) is 62.3 cm³/mol. The molecular weight excluding hydrogens is 271 g/mol. The molecule has 0 heterocycles. The molecule has 1 aromatic carbocycles. The van der Waals surface area contributed by atoms with Crippen LogP contribution in [0.4, 0.5) is 0 Å². The fraction of sp³-hybridized carbons (Fsp3) is 0.500. The van der Waals surface area contributed by atoms with Crippen LogP contribution in [0.1, 0.15) is 24.0 Å². The third-order valence-electron chi connectivity index (χ3n) is 3.94. The zero-order valence-electron chi connectivity index (χ0n) is 9.74. The van der Waals surface area contributed by atoms with Gasteiger partial charge in [-0.3, -0.25) is 4.99 Å². The Morgan fingerprint density at radius 1 is 1.19 bits per heavy atom. The van der Waals surface area contributed by atoms with Gasteiger partial charge in [0, 0.05) is 45.5 Å². The van der Waals surface area contributed by atoms with E-state index in [4.69, 9.17) is 0 Å². The van der Waals surface area contributed by atoms with E-state index in [2.05, 4.69) is 23.2 Å². The Hall–Kier alpha value is -0.00610. The standard InChI is InChI=1S/C14H16N.Y/c1-15-14-12-6-7-13(14)9-11-5-3-2-4-10(11)8-12;/h2,4-5,12-13H,6-9H2,1H3;/q-1;/t12-,13+;/m1./s1. The van der Waals surface area contributed by atoms with Crippen molar-refractivity contribution >= 4 is 5.71 Å². The van der Waals surface area contributed by atoms with Crippen molar-refractivity contribution in [3.63, 3.8) is 0 Å². The van der Waals surface area contributed by atoms with Crippen LogP contribution in [0.5, 0.6) is 0 Å². The topological polar surface area (TPSA) is 12.4 Å². The average Bonchev–Trinajstić information content (AvgIpc) is 2.54. The van der Waals surface area contributed by atoms with Gasteiger partial charge >= 0.3 is 0 Å². The van der Waals surface area contributed by atoms with Gasteiger partial charge in [0.2, 0.25) is 0 Å². The molecule has 16 heavy (non-hydrogen) atoms. The summed E-state index contributed by atoms with van der Waals surface area (Å²) in [5.74, 6) is 1.45. The maximum absolute atomic E-state index is 4.52. The van der Waals surface area contributed by atoms with Crippen LogP contribution in [0.25, 0.3) is 0 Å². The van der Waals surface area contributed by atoms with E-state index in [0.29, 0.717) is 0 Å². The molecule has 1 nitrogen and oxygen atoms in total. The largest absolute Gasteiger partial charge is 0.297 e. The first-order valence-electron chi connectivity index (χ1n) is 5.83. The number of aliphatic imine (C=N–C) groups is 1. The van der Waals surface area contributed by atoms with Crippen LogP contribution in [-0.4, -0.2) is 12.8 Å². The summed E-state index contributed by atoms with van der Waals surface area (Å²) in [6, 6.07) is 9.65. The fourth-order valence-electron chi connectivity index (χ4n) is 3.23. The van der Waals surface area contributed by atoms with Crippen LogP contribution >= 0.6 is 0 Å². The molecule has 0 unspecified atom stereocenters. The molecule has 0 aliphatic heterocycles. The van der Waals surface area contributed by atoms with Gasteiger partial charge in [0.25, 0.3) is 0 Å². The van der Waals surface area contributed by atoms with Crippen molar-refractivity contribution in [3.05, 3.63) is 35.4 Å². The Morgan fingerprint density at radius 3 is 2.56 bits per heavy atom. The zero-order valence-corrected chi connectivity index (χ0v) is 12.6. The molecule has 1 fully saturated rings. The molecule has 2 aliphatic carbocycles. The fourth-order valence-corrected chi connectivity index (χ4v) is 3.23. The second-order valence-corrected chi connectivity index (χ2v) is 4.72. The summed E-state index contributed by atoms with van der Waals surface area (Å²) in [5, 5.41) is 0. The predicted octanol–water partition coefficient (Wildman–Crippen LogP) is 2.68. The van der Waals surface area contributed by atoms with Gasteiger partial charge in [-0.05, 0) is 31.1 Å². The van der Waals surface area contributed by atoms with Gasteiger partial charge < -0.3 is 0 Å². The van der Waals surface area contributed by atoms with Gasteiger partial charge in [-0.1, -0.05) is 6.42 Å². The van der Waals surface area contributed by atoms with Crippen LogP contribution in [0, 0.1) is 17.9 Å². The molecule has 0 spiro atoms. The van der Waals surface area contributed by atoms with Gasteiger partial charge in [0.1, 0.15) is 0 Å². The summed E-state index contributed by atoms with van der Waals surface area (Å²) in [5.41, 5.74) is 4.51. The molecule has 0 saturated heterocycles. The molecule has 1 saturated carbocycles. The molecule has 2 bridgehead atoms. The van der Waals surface area contributed by atoms with Crippen LogP contribution in [0.2, 0.25) is 0 Å². The second-order valence-electron chi connectivity index (χ2n) is 4.72. The molecular formula is C14H16NY-. The van der Waals surface area contributed by atoms with E-state index in [1.807, 2.05) is 13.1 Å². The Labute approximate surface area is 123 Å². The van der Waals surface area contributed by atoms with E-state index in [1.165, 1.54) is 42.5 Å². The third kappa shape index (κ3) is 2.04. The van der Waals surface area contributed by atoms with Crippen LogP contribution < -0.4 is 0 Å². The van der Waals surface area contributed by atoms with Gasteiger partial charge in [-0.25, -0.2) is 0 Å². The van der Waals surface area contributed by atoms with Crippen LogP contribution in [0.15, 0.2) is 23.2 Å². The van der Waals surface area contributed by atoms with Crippen LogP contribution in [-0.2, 0) is 45.6 Å². The van der Waals surface area contributed by atoms with Gasteiger partial charge in [0.05, 0.1) is 0 Å². The summed E-state index contributed by atoms with van der Waals surface area (Å²) < 4.78 is 0. The molecule has 0 amide bonds. The van der Waals surface area contributed by atoms with Crippen molar-refractivity contribution in [2.75, 3.05) is 7.05 Å². The number of rotatable bonds is 0. The Morgan fingerprint density at radius 2 is 1.88 bits per heavy atom. The van der Waals surface area contributed by atoms with E-state index < -0.39 is 0 Å². The van der Waals surface area contributed by atoms with Crippen molar-refractivity contribution in [2.45, 2.75) is 25.7 Å². The van der Waals surface area contributed by atoms with Crippen molar-refractivity contribution < 1.29 is 32.7 Å². The number of hydrogen-bond donors (Lipinski definition) is 0. The minimum absolute atomic E-state index is 0. The minimum Gasteiger partial charge on any atom is -0.297 e. The summed E-state index contributed by atoms with van der Waals surface area (Å²) in [7, 11) is 1.96. The quantitative estimate of drug-likeness (QED) is 0.651. The summed E-state index contributed by atoms with van der Waals surface area (Å²) in [6.07, 6.45) is 5.07. The van der Waals surface area contributed by atoms with E-state index >= 15 is 0 Å². The van der Waals surface area contributed by atoms with E-state index in [-0.39, 0.29) is 32.7 Å². The van der Waals surface area contributed by atoms with E-state index in [9.17, 15) is 0 Å². The number of fused-ring (bicyclic) bond motifs is 3. The van der Waals surface area contributed by atoms with Crippen LogP contribution in [0.3, 0.4) is 0 Å². The van der Waals surface area contributed by atoms with E-state index in [0.717, 1.165) is 11.8 Å². The Kier molecular flexibility index (Phi) is 3.97. The third-order valence-corrected chi connectivity index (χ3v) is 3.94. The molecule has 81 valence electrons. The average molecular weight is 287 g/mol. The molecule has 0 aromatic heterocycles. The van der Waals surface area contributed by atoms with Crippen molar-refractivity contribution in [3.8, 4) is 0 Å². The van der Waals surface area contributed by atoms with Gasteiger partial charge in [0.15, 0.2) is 0 Å². The normalized spacial score (nSPS) is 29.4. The Bertz CT molecular complexity index is 376.